The summed E-state index contributed by atoms with van der Waals surface area (Å²) in [5, 5.41) is 25.2. The van der Waals surface area contributed by atoms with Crippen LogP contribution in [-0.2, 0) is 12.8 Å². The highest BCUT2D eigenvalue weighted by Crippen LogP contribution is 2.08. The third-order valence-corrected chi connectivity index (χ3v) is 4.26. The minimum Gasteiger partial charge on any atom is -0.478 e. The van der Waals surface area contributed by atoms with Crippen LogP contribution in [0.1, 0.15) is 84.7 Å². The molecule has 0 aliphatic carbocycles. The summed E-state index contributed by atoms with van der Waals surface area (Å²) >= 11 is 0. The fourth-order valence-electron chi connectivity index (χ4n) is 2.39. The Balaban J connectivity index is 0.000000477. The Kier molecular flexibility index (Phi) is 15.7. The van der Waals surface area contributed by atoms with Crippen LogP contribution in [0.25, 0.3) is 0 Å². The van der Waals surface area contributed by atoms with Gasteiger partial charge in [0.05, 0.1) is 11.1 Å². The van der Waals surface area contributed by atoms with Crippen LogP contribution in [0, 0.1) is 0 Å². The fraction of sp³-hybridized carbons (Fsp3) is 0.440. The van der Waals surface area contributed by atoms with Gasteiger partial charge in [-0.3, -0.25) is 0 Å². The van der Waals surface area contributed by atoms with E-state index in [2.05, 4.69) is 13.8 Å². The van der Waals surface area contributed by atoms with Crippen molar-refractivity contribution < 1.29 is 24.9 Å². The number of carboxylic acid groups (broad SMARTS) is 2. The van der Waals surface area contributed by atoms with Crippen molar-refractivity contribution in [3.63, 3.8) is 0 Å². The Labute approximate surface area is 180 Å². The Morgan fingerprint density at radius 3 is 1.13 bits per heavy atom. The number of aromatic carboxylic acids is 2. The van der Waals surface area contributed by atoms with E-state index in [9.17, 15) is 9.59 Å². The average Bonchev–Trinajstić information content (AvgIpc) is 2.77. The van der Waals surface area contributed by atoms with E-state index in [0.29, 0.717) is 17.7 Å². The minimum absolute atomic E-state index is 0.319. The monoisotopic (exact) mass is 416 g/mol. The first-order valence-corrected chi connectivity index (χ1v) is 10.6. The van der Waals surface area contributed by atoms with Gasteiger partial charge in [0.1, 0.15) is 0 Å². The number of benzene rings is 2. The first kappa shape index (κ1) is 27.3. The van der Waals surface area contributed by atoms with Crippen molar-refractivity contribution in [2.24, 2.45) is 0 Å². The topological polar surface area (TPSA) is 94.8 Å². The predicted octanol–water partition coefficient (Wildman–Crippen LogP) is 5.84. The molecule has 0 saturated carbocycles. The zero-order valence-electron chi connectivity index (χ0n) is 18.4. The molecule has 0 fully saturated rings. The third-order valence-electron chi connectivity index (χ3n) is 4.26. The Bertz CT molecular complexity index is 642. The molecule has 5 heteroatoms. The molecule has 2 aromatic rings. The predicted molar refractivity (Wildman–Crippen MR) is 121 cm³/mol. The van der Waals surface area contributed by atoms with Gasteiger partial charge in [-0.1, -0.05) is 57.9 Å². The quantitative estimate of drug-likeness (QED) is 0.477. The second-order valence-corrected chi connectivity index (χ2v) is 6.93. The summed E-state index contributed by atoms with van der Waals surface area (Å²) in [6.07, 6.45) is 7.60. The summed E-state index contributed by atoms with van der Waals surface area (Å²) in [5.74, 6) is -1.72. The lowest BCUT2D eigenvalue weighted by Crippen LogP contribution is -1.95. The molecule has 0 amide bonds. The minimum atomic E-state index is -0.859. The Morgan fingerprint density at radius 2 is 0.933 bits per heavy atom. The highest BCUT2D eigenvalue weighted by molar-refractivity contribution is 5.87. The van der Waals surface area contributed by atoms with E-state index in [-0.39, 0.29) is 0 Å². The van der Waals surface area contributed by atoms with Gasteiger partial charge in [0, 0.05) is 6.61 Å². The van der Waals surface area contributed by atoms with Gasteiger partial charge in [-0.25, -0.2) is 9.59 Å². The lowest BCUT2D eigenvalue weighted by atomic mass is 10.1. The van der Waals surface area contributed by atoms with Crippen LogP contribution in [0.4, 0.5) is 0 Å². The largest absolute Gasteiger partial charge is 0.478 e. The van der Waals surface area contributed by atoms with Crippen molar-refractivity contribution in [1.29, 1.82) is 0 Å². The average molecular weight is 417 g/mol. The molecule has 2 rings (SSSR count). The number of unbranched alkanes of at least 4 members (excludes halogenated alkanes) is 2. The van der Waals surface area contributed by atoms with Gasteiger partial charge in [0.2, 0.25) is 0 Å². The third kappa shape index (κ3) is 12.7. The molecule has 0 aliphatic heterocycles. The molecule has 0 aromatic heterocycles. The van der Waals surface area contributed by atoms with E-state index in [4.69, 9.17) is 15.3 Å². The highest BCUT2D eigenvalue weighted by Gasteiger charge is 2.01. The molecule has 166 valence electrons. The van der Waals surface area contributed by atoms with Crippen molar-refractivity contribution in [2.75, 3.05) is 6.61 Å². The normalized spacial score (nSPS) is 9.60. The number of hydrogen-bond donors (Lipinski definition) is 3. The van der Waals surface area contributed by atoms with Crippen molar-refractivity contribution >= 4 is 11.9 Å². The van der Waals surface area contributed by atoms with Gasteiger partial charge in [-0.05, 0) is 67.5 Å². The number of aliphatic hydroxyl groups excluding tert-OH is 1. The summed E-state index contributed by atoms with van der Waals surface area (Å²) < 4.78 is 0. The van der Waals surface area contributed by atoms with E-state index < -0.39 is 11.9 Å². The number of rotatable bonds is 9. The molecule has 0 unspecified atom stereocenters. The molecule has 0 bridgehead atoms. The standard InChI is InChI=1S/2C11H14O2.C3H8O/c2*1-2-3-4-9-5-7-10(8-6-9)11(12)13;1-2-3-4/h2*5-8H,2-4H2,1H3,(H,12,13);4H,2-3H2,1H3. The number of carboxylic acids is 2. The molecule has 30 heavy (non-hydrogen) atoms. The Morgan fingerprint density at radius 1 is 0.633 bits per heavy atom. The number of aliphatic hydroxyl groups is 1. The molecule has 2 aromatic carbocycles. The van der Waals surface area contributed by atoms with E-state index in [0.717, 1.165) is 32.1 Å². The second kappa shape index (κ2) is 17.2. The first-order valence-electron chi connectivity index (χ1n) is 10.6. The SMILES string of the molecule is CCCCc1ccc(C(=O)O)cc1.CCCCc1ccc(C(=O)O)cc1.CCCO. The van der Waals surface area contributed by atoms with Crippen LogP contribution < -0.4 is 0 Å². The molecule has 0 spiro atoms. The molecule has 0 aliphatic rings. The van der Waals surface area contributed by atoms with Crippen LogP contribution in [0.15, 0.2) is 48.5 Å². The van der Waals surface area contributed by atoms with Crippen LogP contribution in [0.5, 0.6) is 0 Å². The number of hydrogen-bond acceptors (Lipinski definition) is 3. The fourth-order valence-corrected chi connectivity index (χ4v) is 2.39. The zero-order chi connectivity index (χ0) is 22.8. The summed E-state index contributed by atoms with van der Waals surface area (Å²) in [6, 6.07) is 14.2. The van der Waals surface area contributed by atoms with Crippen molar-refractivity contribution in [2.45, 2.75) is 65.7 Å². The van der Waals surface area contributed by atoms with Gasteiger partial charge in [0.25, 0.3) is 0 Å². The molecule has 0 saturated heterocycles. The van der Waals surface area contributed by atoms with Crippen LogP contribution in [0.2, 0.25) is 0 Å². The molecule has 3 N–H and O–H groups in total. The lowest BCUT2D eigenvalue weighted by Gasteiger charge is -1.99. The number of aryl methyl sites for hydroxylation is 2. The summed E-state index contributed by atoms with van der Waals surface area (Å²) in [4.78, 5) is 21.1. The maximum Gasteiger partial charge on any atom is 0.335 e. The molecule has 5 nitrogen and oxygen atoms in total. The molecule has 0 heterocycles. The van der Waals surface area contributed by atoms with Crippen LogP contribution in [-0.4, -0.2) is 33.9 Å². The van der Waals surface area contributed by atoms with Crippen molar-refractivity contribution in [3.8, 4) is 0 Å². The van der Waals surface area contributed by atoms with Crippen molar-refractivity contribution in [1.82, 2.24) is 0 Å². The maximum atomic E-state index is 10.5. The van der Waals surface area contributed by atoms with E-state index >= 15 is 0 Å². The Hall–Kier alpha value is -2.66. The summed E-state index contributed by atoms with van der Waals surface area (Å²) in [5.41, 5.74) is 3.15. The van der Waals surface area contributed by atoms with Crippen LogP contribution >= 0.6 is 0 Å². The van der Waals surface area contributed by atoms with E-state index in [1.165, 1.54) is 24.0 Å². The first-order chi connectivity index (χ1) is 14.4. The number of carbonyl (C=O) groups is 2. The van der Waals surface area contributed by atoms with Crippen molar-refractivity contribution in [3.05, 3.63) is 70.8 Å². The molecular formula is C25H36O5. The van der Waals surface area contributed by atoms with Gasteiger partial charge >= 0.3 is 11.9 Å². The molecule has 0 atom stereocenters. The summed E-state index contributed by atoms with van der Waals surface area (Å²) in [7, 11) is 0. The lowest BCUT2D eigenvalue weighted by molar-refractivity contribution is 0.0686. The summed E-state index contributed by atoms with van der Waals surface area (Å²) in [6.45, 7) is 6.54. The van der Waals surface area contributed by atoms with Gasteiger partial charge in [-0.2, -0.15) is 0 Å². The van der Waals surface area contributed by atoms with E-state index in [1.54, 1.807) is 24.3 Å². The smallest absolute Gasteiger partial charge is 0.335 e. The second-order valence-electron chi connectivity index (χ2n) is 6.93. The maximum absolute atomic E-state index is 10.5. The van der Waals surface area contributed by atoms with E-state index in [1.807, 2.05) is 31.2 Å². The van der Waals surface area contributed by atoms with Crippen LogP contribution in [0.3, 0.4) is 0 Å². The molecular weight excluding hydrogens is 380 g/mol. The molecule has 0 radical (unpaired) electrons. The van der Waals surface area contributed by atoms with Gasteiger partial charge in [-0.15, -0.1) is 0 Å². The van der Waals surface area contributed by atoms with Gasteiger partial charge in [0.15, 0.2) is 0 Å². The zero-order valence-corrected chi connectivity index (χ0v) is 18.4. The van der Waals surface area contributed by atoms with Gasteiger partial charge < -0.3 is 15.3 Å². The highest BCUT2D eigenvalue weighted by atomic mass is 16.4.